The molecule has 1 aromatic carbocycles. The topological polar surface area (TPSA) is 12.5 Å². The molecule has 0 unspecified atom stereocenters. The van der Waals surface area contributed by atoms with Crippen LogP contribution in [0.5, 0.6) is 5.75 Å². The van der Waals surface area contributed by atoms with Gasteiger partial charge in [0.05, 0.1) is 11.6 Å². The van der Waals surface area contributed by atoms with E-state index in [1.54, 1.807) is 0 Å². The maximum atomic E-state index is 6.01. The summed E-state index contributed by atoms with van der Waals surface area (Å²) < 4.78 is 6.61. The zero-order chi connectivity index (χ0) is 12.8. The Hall–Kier alpha value is -0.250. The van der Waals surface area contributed by atoms with Crippen molar-refractivity contribution in [1.29, 1.82) is 0 Å². The molecule has 0 spiro atoms. The first-order chi connectivity index (χ1) is 8.75. The summed E-state index contributed by atoms with van der Waals surface area (Å²) in [4.78, 5) is 2.53. The van der Waals surface area contributed by atoms with Crippen LogP contribution >= 0.6 is 27.5 Å². The minimum atomic E-state index is 0.698. The van der Waals surface area contributed by atoms with Crippen LogP contribution in [0.3, 0.4) is 0 Å². The number of hydrogen-bond acceptors (Lipinski definition) is 2. The fourth-order valence-electron chi connectivity index (χ4n) is 2.23. The average molecular weight is 333 g/mol. The summed E-state index contributed by atoms with van der Waals surface area (Å²) in [6, 6.07) is 5.71. The normalized spacial score (nSPS) is 16.8. The van der Waals surface area contributed by atoms with E-state index in [2.05, 4.69) is 20.8 Å². The smallest absolute Gasteiger partial charge is 0.120 e. The van der Waals surface area contributed by atoms with E-state index < -0.39 is 0 Å². The van der Waals surface area contributed by atoms with Crippen LogP contribution < -0.4 is 4.74 Å². The van der Waals surface area contributed by atoms with Crippen molar-refractivity contribution < 1.29 is 4.74 Å². The Kier molecular flexibility index (Phi) is 5.80. The molecule has 0 saturated carbocycles. The summed E-state index contributed by atoms with van der Waals surface area (Å²) >= 11 is 9.38. The number of rotatable bonds is 5. The van der Waals surface area contributed by atoms with Gasteiger partial charge in [0.2, 0.25) is 0 Å². The standard InChI is InChI=1S/C14H19BrClNO/c15-13-6-5-12(11-14(13)16)18-10-4-9-17-7-2-1-3-8-17/h5-6,11H,1-4,7-10H2. The third-order valence-electron chi connectivity index (χ3n) is 3.23. The van der Waals surface area contributed by atoms with Crippen molar-refractivity contribution in [2.24, 2.45) is 0 Å². The van der Waals surface area contributed by atoms with Crippen LogP contribution in [0, 0.1) is 0 Å². The van der Waals surface area contributed by atoms with Gasteiger partial charge in [-0.05, 0) is 66.5 Å². The lowest BCUT2D eigenvalue weighted by atomic mass is 10.1. The van der Waals surface area contributed by atoms with Crippen LogP contribution in [0.4, 0.5) is 0 Å². The third-order valence-corrected chi connectivity index (χ3v) is 4.46. The van der Waals surface area contributed by atoms with Crippen molar-refractivity contribution in [3.8, 4) is 5.75 Å². The average Bonchev–Trinajstić information content (AvgIpc) is 2.40. The zero-order valence-electron chi connectivity index (χ0n) is 10.5. The van der Waals surface area contributed by atoms with E-state index in [1.807, 2.05) is 18.2 Å². The highest BCUT2D eigenvalue weighted by Gasteiger charge is 2.09. The van der Waals surface area contributed by atoms with Gasteiger partial charge in [-0.2, -0.15) is 0 Å². The summed E-state index contributed by atoms with van der Waals surface area (Å²) in [6.45, 7) is 4.41. The first kappa shape index (κ1) is 14.2. The first-order valence-electron chi connectivity index (χ1n) is 6.56. The molecule has 1 saturated heterocycles. The number of ether oxygens (including phenoxy) is 1. The van der Waals surface area contributed by atoms with Crippen molar-refractivity contribution in [1.82, 2.24) is 4.90 Å². The summed E-state index contributed by atoms with van der Waals surface area (Å²) in [5, 5.41) is 0.698. The van der Waals surface area contributed by atoms with Crippen LogP contribution in [-0.4, -0.2) is 31.1 Å². The molecule has 2 nitrogen and oxygen atoms in total. The lowest BCUT2D eigenvalue weighted by Gasteiger charge is -2.26. The van der Waals surface area contributed by atoms with Gasteiger partial charge in [0.25, 0.3) is 0 Å². The van der Waals surface area contributed by atoms with Crippen LogP contribution in [0.15, 0.2) is 22.7 Å². The highest BCUT2D eigenvalue weighted by molar-refractivity contribution is 9.10. The minimum Gasteiger partial charge on any atom is -0.493 e. The van der Waals surface area contributed by atoms with Gasteiger partial charge in [-0.3, -0.25) is 0 Å². The molecule has 0 bridgehead atoms. The van der Waals surface area contributed by atoms with Crippen LogP contribution in [0.25, 0.3) is 0 Å². The van der Waals surface area contributed by atoms with Gasteiger partial charge < -0.3 is 9.64 Å². The Morgan fingerprint density at radius 1 is 1.22 bits per heavy atom. The van der Waals surface area contributed by atoms with Crippen LogP contribution in [-0.2, 0) is 0 Å². The molecular weight excluding hydrogens is 314 g/mol. The molecule has 1 aliphatic rings. The van der Waals surface area contributed by atoms with Crippen molar-refractivity contribution in [3.63, 3.8) is 0 Å². The summed E-state index contributed by atoms with van der Waals surface area (Å²) in [5.74, 6) is 0.849. The quantitative estimate of drug-likeness (QED) is 0.743. The molecule has 1 heterocycles. The van der Waals surface area contributed by atoms with E-state index in [-0.39, 0.29) is 0 Å². The zero-order valence-corrected chi connectivity index (χ0v) is 12.8. The second kappa shape index (κ2) is 7.37. The number of hydrogen-bond donors (Lipinski definition) is 0. The fraction of sp³-hybridized carbons (Fsp3) is 0.571. The number of halogens is 2. The fourth-order valence-corrected chi connectivity index (χ4v) is 2.64. The molecule has 0 N–H and O–H groups in total. The summed E-state index contributed by atoms with van der Waals surface area (Å²) in [6.07, 6.45) is 5.17. The lowest BCUT2D eigenvalue weighted by molar-refractivity contribution is 0.205. The molecule has 0 aromatic heterocycles. The minimum absolute atomic E-state index is 0.698. The molecule has 0 atom stereocenters. The second-order valence-electron chi connectivity index (χ2n) is 4.68. The number of benzene rings is 1. The van der Waals surface area contributed by atoms with E-state index >= 15 is 0 Å². The summed E-state index contributed by atoms with van der Waals surface area (Å²) in [7, 11) is 0. The SMILES string of the molecule is Clc1cc(OCCCN2CCCCC2)ccc1Br. The molecule has 2 rings (SSSR count). The Bertz CT molecular complexity index is 380. The Morgan fingerprint density at radius 3 is 2.72 bits per heavy atom. The van der Waals surface area contributed by atoms with Crippen molar-refractivity contribution in [2.45, 2.75) is 25.7 Å². The van der Waals surface area contributed by atoms with Gasteiger partial charge in [-0.25, -0.2) is 0 Å². The van der Waals surface area contributed by atoms with E-state index in [1.165, 1.54) is 32.4 Å². The highest BCUT2D eigenvalue weighted by Crippen LogP contribution is 2.26. The maximum Gasteiger partial charge on any atom is 0.120 e. The van der Waals surface area contributed by atoms with Gasteiger partial charge in [-0.1, -0.05) is 18.0 Å². The number of nitrogens with zero attached hydrogens (tertiary/aromatic N) is 1. The molecule has 1 aromatic rings. The van der Waals surface area contributed by atoms with Crippen molar-refractivity contribution in [3.05, 3.63) is 27.7 Å². The molecule has 1 aliphatic heterocycles. The Balaban J connectivity index is 1.66. The maximum absolute atomic E-state index is 6.01. The molecule has 4 heteroatoms. The third kappa shape index (κ3) is 4.45. The monoisotopic (exact) mass is 331 g/mol. The van der Waals surface area contributed by atoms with Crippen molar-refractivity contribution >= 4 is 27.5 Å². The van der Waals surface area contributed by atoms with E-state index in [9.17, 15) is 0 Å². The van der Waals surface area contributed by atoms with Crippen LogP contribution in [0.2, 0.25) is 5.02 Å². The van der Waals surface area contributed by atoms with Crippen LogP contribution in [0.1, 0.15) is 25.7 Å². The number of piperidine rings is 1. The van der Waals surface area contributed by atoms with E-state index in [4.69, 9.17) is 16.3 Å². The Labute approximate surface area is 122 Å². The number of likely N-dealkylation sites (tertiary alicyclic amines) is 1. The van der Waals surface area contributed by atoms with Crippen molar-refractivity contribution in [2.75, 3.05) is 26.2 Å². The second-order valence-corrected chi connectivity index (χ2v) is 5.94. The van der Waals surface area contributed by atoms with E-state index in [0.29, 0.717) is 5.02 Å². The predicted molar refractivity (Wildman–Crippen MR) is 79.6 cm³/mol. The van der Waals surface area contributed by atoms with E-state index in [0.717, 1.165) is 29.8 Å². The first-order valence-corrected chi connectivity index (χ1v) is 7.73. The molecule has 1 fully saturated rings. The van der Waals surface area contributed by atoms with Gasteiger partial charge in [0, 0.05) is 11.0 Å². The summed E-state index contributed by atoms with van der Waals surface area (Å²) in [5.41, 5.74) is 0. The van der Waals surface area contributed by atoms with Gasteiger partial charge in [0.15, 0.2) is 0 Å². The molecule has 0 aliphatic carbocycles. The molecular formula is C14H19BrClNO. The molecule has 0 amide bonds. The van der Waals surface area contributed by atoms with Gasteiger partial charge in [0.1, 0.15) is 5.75 Å². The largest absolute Gasteiger partial charge is 0.493 e. The highest BCUT2D eigenvalue weighted by atomic mass is 79.9. The lowest BCUT2D eigenvalue weighted by Crippen LogP contribution is -2.31. The molecule has 100 valence electrons. The molecule has 0 radical (unpaired) electrons. The predicted octanol–water partition coefficient (Wildman–Crippen LogP) is 4.36. The molecule has 18 heavy (non-hydrogen) atoms. The van der Waals surface area contributed by atoms with Gasteiger partial charge >= 0.3 is 0 Å². The van der Waals surface area contributed by atoms with Gasteiger partial charge in [-0.15, -0.1) is 0 Å². The Morgan fingerprint density at radius 2 is 2.00 bits per heavy atom.